The highest BCUT2D eigenvalue weighted by molar-refractivity contribution is 6.07. The van der Waals surface area contributed by atoms with Crippen molar-refractivity contribution in [3.05, 3.63) is 58.5 Å². The maximum atomic E-state index is 13.6. The molecule has 4 heteroatoms. The Labute approximate surface area is 103 Å². The summed E-state index contributed by atoms with van der Waals surface area (Å²) in [5.41, 5.74) is -0.146. The molecule has 0 fully saturated rings. The number of carbonyl (C=O) groups excluding carboxylic acids is 1. The van der Waals surface area contributed by atoms with Gasteiger partial charge in [-0.15, -0.1) is 0 Å². The van der Waals surface area contributed by atoms with Gasteiger partial charge in [0.15, 0.2) is 5.76 Å². The number of benzene rings is 1. The Morgan fingerprint density at radius 3 is 2.56 bits per heavy atom. The van der Waals surface area contributed by atoms with E-state index in [9.17, 15) is 13.6 Å². The summed E-state index contributed by atoms with van der Waals surface area (Å²) in [5, 5.41) is 0. The van der Waals surface area contributed by atoms with E-state index in [4.69, 9.17) is 4.42 Å². The molecule has 18 heavy (non-hydrogen) atoms. The average Bonchev–Trinajstić information content (AvgIpc) is 2.81. The monoisotopic (exact) mass is 250 g/mol. The van der Waals surface area contributed by atoms with Crippen LogP contribution in [-0.4, -0.2) is 5.78 Å². The van der Waals surface area contributed by atoms with Gasteiger partial charge in [-0.05, 0) is 36.8 Å². The second-order valence-corrected chi connectivity index (χ2v) is 4.03. The number of hydrogen-bond acceptors (Lipinski definition) is 2. The average molecular weight is 250 g/mol. The van der Waals surface area contributed by atoms with Gasteiger partial charge < -0.3 is 4.42 Å². The fraction of sp³-hybridized carbons (Fsp3) is 0.214. The molecule has 0 N–H and O–H groups in total. The topological polar surface area (TPSA) is 30.2 Å². The highest BCUT2D eigenvalue weighted by Gasteiger charge is 2.19. The van der Waals surface area contributed by atoms with Crippen LogP contribution in [0.15, 0.2) is 28.7 Å². The Balaban J connectivity index is 2.42. The molecule has 2 nitrogen and oxygen atoms in total. The lowest BCUT2D eigenvalue weighted by Gasteiger charge is -2.03. The number of halogens is 2. The normalized spacial score (nSPS) is 10.7. The van der Waals surface area contributed by atoms with E-state index in [1.54, 1.807) is 6.07 Å². The van der Waals surface area contributed by atoms with Crippen molar-refractivity contribution >= 4 is 5.78 Å². The molecule has 1 aromatic carbocycles. The zero-order chi connectivity index (χ0) is 13.3. The van der Waals surface area contributed by atoms with Gasteiger partial charge in [0.1, 0.15) is 17.4 Å². The molecule has 0 aliphatic rings. The van der Waals surface area contributed by atoms with Crippen molar-refractivity contribution in [3.8, 4) is 0 Å². The lowest BCUT2D eigenvalue weighted by Crippen LogP contribution is -2.05. The Morgan fingerprint density at radius 2 is 1.94 bits per heavy atom. The van der Waals surface area contributed by atoms with E-state index in [1.165, 1.54) is 13.0 Å². The predicted molar refractivity (Wildman–Crippen MR) is 62.6 cm³/mol. The van der Waals surface area contributed by atoms with Crippen LogP contribution in [0.5, 0.6) is 0 Å². The molecule has 1 heterocycles. The van der Waals surface area contributed by atoms with Crippen LogP contribution in [0.4, 0.5) is 8.78 Å². The zero-order valence-corrected chi connectivity index (χ0v) is 10.1. The van der Waals surface area contributed by atoms with Crippen LogP contribution in [0.3, 0.4) is 0 Å². The number of carbonyl (C=O) groups is 1. The van der Waals surface area contributed by atoms with E-state index in [2.05, 4.69) is 0 Å². The van der Waals surface area contributed by atoms with Gasteiger partial charge in [-0.2, -0.15) is 0 Å². The summed E-state index contributed by atoms with van der Waals surface area (Å²) in [6, 6.07) is 5.03. The maximum absolute atomic E-state index is 13.6. The highest BCUT2D eigenvalue weighted by Crippen LogP contribution is 2.19. The van der Waals surface area contributed by atoms with Crippen molar-refractivity contribution in [3.63, 3.8) is 0 Å². The first-order valence-corrected chi connectivity index (χ1v) is 5.62. The predicted octanol–water partition coefficient (Wildman–Crippen LogP) is 3.66. The number of hydrogen-bond donors (Lipinski definition) is 0. The first-order chi connectivity index (χ1) is 8.52. The summed E-state index contributed by atoms with van der Waals surface area (Å²) in [4.78, 5) is 12.0. The van der Waals surface area contributed by atoms with Crippen molar-refractivity contribution in [1.29, 1.82) is 0 Å². The lowest BCUT2D eigenvalue weighted by atomic mass is 10.1. The van der Waals surface area contributed by atoms with E-state index in [-0.39, 0.29) is 16.9 Å². The summed E-state index contributed by atoms with van der Waals surface area (Å²) in [7, 11) is 0. The molecule has 0 bridgehead atoms. The Morgan fingerprint density at radius 1 is 1.22 bits per heavy atom. The van der Waals surface area contributed by atoms with E-state index in [0.717, 1.165) is 12.1 Å². The molecule has 0 amide bonds. The van der Waals surface area contributed by atoms with Gasteiger partial charge in [0, 0.05) is 6.42 Å². The van der Waals surface area contributed by atoms with Gasteiger partial charge in [-0.3, -0.25) is 4.79 Å². The molecule has 94 valence electrons. The lowest BCUT2D eigenvalue weighted by molar-refractivity contribution is 0.100. The molecule has 1 aromatic heterocycles. The molecular formula is C14H12F2O2. The molecular weight excluding hydrogens is 238 g/mol. The van der Waals surface area contributed by atoms with Crippen LogP contribution in [0.25, 0.3) is 0 Å². The SMILES string of the molecule is CCc1ccc(C(=O)c2cc(F)c(C)cc2F)o1. The van der Waals surface area contributed by atoms with Crippen molar-refractivity contribution in [2.75, 3.05) is 0 Å². The first-order valence-electron chi connectivity index (χ1n) is 5.62. The molecule has 0 unspecified atom stereocenters. The number of furan rings is 1. The van der Waals surface area contributed by atoms with Gasteiger partial charge in [0.05, 0.1) is 5.56 Å². The first kappa shape index (κ1) is 12.5. The zero-order valence-electron chi connectivity index (χ0n) is 10.1. The molecule has 0 aliphatic carbocycles. The van der Waals surface area contributed by atoms with Crippen molar-refractivity contribution in [2.24, 2.45) is 0 Å². The smallest absolute Gasteiger partial charge is 0.231 e. The minimum Gasteiger partial charge on any atom is -0.458 e. The number of aryl methyl sites for hydroxylation is 2. The molecule has 0 spiro atoms. The van der Waals surface area contributed by atoms with E-state index in [0.29, 0.717) is 12.2 Å². The third kappa shape index (κ3) is 2.18. The molecule has 0 saturated heterocycles. The van der Waals surface area contributed by atoms with Gasteiger partial charge >= 0.3 is 0 Å². The minimum atomic E-state index is -0.742. The van der Waals surface area contributed by atoms with Crippen LogP contribution in [0.1, 0.15) is 34.4 Å². The molecule has 2 aromatic rings. The van der Waals surface area contributed by atoms with Crippen LogP contribution in [0.2, 0.25) is 0 Å². The molecule has 0 atom stereocenters. The number of ketones is 1. The van der Waals surface area contributed by atoms with Crippen LogP contribution >= 0.6 is 0 Å². The quantitative estimate of drug-likeness (QED) is 0.778. The Bertz CT molecular complexity index is 600. The second kappa shape index (κ2) is 4.72. The van der Waals surface area contributed by atoms with Crippen LogP contribution < -0.4 is 0 Å². The third-order valence-electron chi connectivity index (χ3n) is 2.73. The van der Waals surface area contributed by atoms with Crippen LogP contribution in [-0.2, 0) is 6.42 Å². The minimum absolute atomic E-state index is 0.0222. The second-order valence-electron chi connectivity index (χ2n) is 4.03. The highest BCUT2D eigenvalue weighted by atomic mass is 19.1. The largest absolute Gasteiger partial charge is 0.458 e. The van der Waals surface area contributed by atoms with Gasteiger partial charge in [-0.25, -0.2) is 8.78 Å². The standard InChI is InChI=1S/C14H12F2O2/c1-3-9-4-5-13(18-9)14(17)10-7-11(15)8(2)6-12(10)16/h4-7H,3H2,1-2H3. The summed E-state index contributed by atoms with van der Waals surface area (Å²) in [6.45, 7) is 3.31. The number of rotatable bonds is 3. The fourth-order valence-corrected chi connectivity index (χ4v) is 1.64. The third-order valence-corrected chi connectivity index (χ3v) is 2.73. The van der Waals surface area contributed by atoms with Crippen molar-refractivity contribution in [2.45, 2.75) is 20.3 Å². The Hall–Kier alpha value is -1.97. The molecule has 0 radical (unpaired) electrons. The molecule has 2 rings (SSSR count). The molecule has 0 saturated carbocycles. The summed E-state index contributed by atoms with van der Waals surface area (Å²) >= 11 is 0. The molecule has 0 aliphatic heterocycles. The summed E-state index contributed by atoms with van der Waals surface area (Å²) < 4.78 is 32.2. The Kier molecular flexibility index (Phi) is 3.28. The van der Waals surface area contributed by atoms with Gasteiger partial charge in [0.2, 0.25) is 5.78 Å². The summed E-state index contributed by atoms with van der Waals surface area (Å²) in [5.74, 6) is -1.35. The van der Waals surface area contributed by atoms with E-state index >= 15 is 0 Å². The van der Waals surface area contributed by atoms with E-state index in [1.807, 2.05) is 6.92 Å². The summed E-state index contributed by atoms with van der Waals surface area (Å²) in [6.07, 6.45) is 0.637. The van der Waals surface area contributed by atoms with Crippen molar-refractivity contribution < 1.29 is 18.0 Å². The van der Waals surface area contributed by atoms with Crippen LogP contribution in [0, 0.1) is 18.6 Å². The van der Waals surface area contributed by atoms with Crippen molar-refractivity contribution in [1.82, 2.24) is 0 Å². The van der Waals surface area contributed by atoms with Gasteiger partial charge in [0.25, 0.3) is 0 Å². The van der Waals surface area contributed by atoms with Gasteiger partial charge in [-0.1, -0.05) is 6.92 Å². The maximum Gasteiger partial charge on any atom is 0.231 e. The van der Waals surface area contributed by atoms with E-state index < -0.39 is 17.4 Å². The fourth-order valence-electron chi connectivity index (χ4n) is 1.64.